The Labute approximate surface area is 161 Å². The molecule has 1 aliphatic rings. The maximum absolute atomic E-state index is 12.1. The maximum atomic E-state index is 12.1. The summed E-state index contributed by atoms with van der Waals surface area (Å²) >= 11 is 0. The van der Waals surface area contributed by atoms with Crippen LogP contribution in [0.5, 0.6) is 0 Å². The molecule has 4 aromatic rings. The lowest BCUT2D eigenvalue weighted by atomic mass is 10.0. The summed E-state index contributed by atoms with van der Waals surface area (Å²) in [6.45, 7) is 0. The average molecular weight is 386 g/mol. The fourth-order valence-electron chi connectivity index (χ4n) is 3.37. The highest BCUT2D eigenvalue weighted by molar-refractivity contribution is 7.90. The summed E-state index contributed by atoms with van der Waals surface area (Å²) in [5.74, 6) is 0.206. The lowest BCUT2D eigenvalue weighted by molar-refractivity contribution is 0.599. The zero-order valence-electron chi connectivity index (χ0n) is 14.6. The maximum Gasteiger partial charge on any atom is 0.285 e. The number of rotatable bonds is 2. The molecule has 0 atom stereocenters. The van der Waals surface area contributed by atoms with Gasteiger partial charge in [-0.3, -0.25) is 5.43 Å². The first-order valence-corrected chi connectivity index (χ1v) is 10.1. The molecular formula is C21H14N4O2S. The van der Waals surface area contributed by atoms with Gasteiger partial charge in [-0.1, -0.05) is 54.6 Å². The molecule has 136 valence electrons. The van der Waals surface area contributed by atoms with Gasteiger partial charge >= 0.3 is 0 Å². The molecule has 1 aromatic heterocycles. The molecule has 3 aromatic carbocycles. The molecule has 1 aliphatic heterocycles. The Morgan fingerprint density at radius 1 is 0.821 bits per heavy atom. The number of para-hydroxylation sites is 1. The lowest BCUT2D eigenvalue weighted by Crippen LogP contribution is -2.17. The van der Waals surface area contributed by atoms with E-state index in [-0.39, 0.29) is 10.7 Å². The summed E-state index contributed by atoms with van der Waals surface area (Å²) in [5, 5.41) is 7.33. The third-order valence-electron chi connectivity index (χ3n) is 4.63. The van der Waals surface area contributed by atoms with E-state index in [1.54, 1.807) is 24.4 Å². The van der Waals surface area contributed by atoms with E-state index in [1.165, 1.54) is 6.07 Å². The van der Waals surface area contributed by atoms with Crippen LogP contribution in [0, 0.1) is 0 Å². The number of nitrogens with zero attached hydrogens (tertiary/aromatic N) is 3. The average Bonchev–Trinajstić information content (AvgIpc) is 2.99. The summed E-state index contributed by atoms with van der Waals surface area (Å²) in [6, 6.07) is 22.6. The van der Waals surface area contributed by atoms with Gasteiger partial charge < -0.3 is 0 Å². The predicted octanol–water partition coefficient (Wildman–Crippen LogP) is 3.46. The highest BCUT2D eigenvalue weighted by atomic mass is 32.2. The fourth-order valence-corrected chi connectivity index (χ4v) is 4.54. The number of hydrogen-bond donors (Lipinski definition) is 1. The van der Waals surface area contributed by atoms with Gasteiger partial charge in [-0.15, -0.1) is 4.40 Å². The summed E-state index contributed by atoms with van der Waals surface area (Å²) in [4.78, 5) is 4.88. The molecule has 0 amide bonds. The smallest absolute Gasteiger partial charge is 0.260 e. The number of aromatic nitrogens is 1. The van der Waals surface area contributed by atoms with E-state index in [2.05, 4.69) is 14.9 Å². The highest BCUT2D eigenvalue weighted by Gasteiger charge is 2.28. The van der Waals surface area contributed by atoms with Crippen LogP contribution in [0.15, 0.2) is 87.2 Å². The second-order valence-electron chi connectivity index (χ2n) is 6.34. The van der Waals surface area contributed by atoms with Crippen molar-refractivity contribution in [1.29, 1.82) is 0 Å². The minimum atomic E-state index is -3.68. The van der Waals surface area contributed by atoms with Gasteiger partial charge in [0.05, 0.1) is 17.4 Å². The highest BCUT2D eigenvalue weighted by Crippen LogP contribution is 2.26. The van der Waals surface area contributed by atoms with Crippen LogP contribution in [-0.2, 0) is 10.0 Å². The van der Waals surface area contributed by atoms with Crippen molar-refractivity contribution in [1.82, 2.24) is 10.4 Å². The van der Waals surface area contributed by atoms with E-state index in [0.29, 0.717) is 11.3 Å². The fraction of sp³-hybridized carbons (Fsp3) is 0. The summed E-state index contributed by atoms with van der Waals surface area (Å²) < 4.78 is 28.0. The number of pyridine rings is 1. The van der Waals surface area contributed by atoms with Gasteiger partial charge in [0.1, 0.15) is 4.90 Å². The molecule has 1 N–H and O–H groups in total. The van der Waals surface area contributed by atoms with Crippen LogP contribution in [0.4, 0.5) is 0 Å². The second kappa shape index (κ2) is 6.24. The van der Waals surface area contributed by atoms with Crippen molar-refractivity contribution in [2.45, 2.75) is 4.90 Å². The molecule has 0 saturated carbocycles. The Morgan fingerprint density at radius 2 is 1.50 bits per heavy atom. The van der Waals surface area contributed by atoms with E-state index in [9.17, 15) is 8.42 Å². The van der Waals surface area contributed by atoms with Crippen molar-refractivity contribution in [2.24, 2.45) is 9.50 Å². The molecule has 0 radical (unpaired) electrons. The Bertz CT molecular complexity index is 1410. The summed E-state index contributed by atoms with van der Waals surface area (Å²) in [5.41, 5.74) is 4.83. The minimum Gasteiger partial charge on any atom is -0.260 e. The van der Waals surface area contributed by atoms with Gasteiger partial charge in [0.25, 0.3) is 10.0 Å². The van der Waals surface area contributed by atoms with E-state index < -0.39 is 10.0 Å². The van der Waals surface area contributed by atoms with Crippen molar-refractivity contribution in [3.05, 3.63) is 84.1 Å². The SMILES string of the molecule is O=S1(=O)N=C(N/N=C/c2nc3ccccc3c3ccccc23)c2ccccc21. The van der Waals surface area contributed by atoms with Crippen LogP contribution in [-0.4, -0.2) is 25.5 Å². The molecule has 6 nitrogen and oxygen atoms in total. The third-order valence-corrected chi connectivity index (χ3v) is 5.96. The Balaban J connectivity index is 1.55. The Kier molecular flexibility index (Phi) is 3.70. The van der Waals surface area contributed by atoms with Gasteiger partial charge in [0, 0.05) is 16.3 Å². The predicted molar refractivity (Wildman–Crippen MR) is 110 cm³/mol. The molecule has 0 unspecified atom stereocenters. The number of fused-ring (bicyclic) bond motifs is 4. The molecule has 7 heteroatoms. The summed E-state index contributed by atoms with van der Waals surface area (Å²) in [6.07, 6.45) is 1.59. The number of nitrogens with one attached hydrogen (secondary N) is 1. The normalized spacial score (nSPS) is 15.1. The van der Waals surface area contributed by atoms with Crippen molar-refractivity contribution in [3.8, 4) is 0 Å². The van der Waals surface area contributed by atoms with Crippen LogP contribution < -0.4 is 5.43 Å². The number of amidine groups is 1. The Morgan fingerprint density at radius 3 is 2.36 bits per heavy atom. The first-order chi connectivity index (χ1) is 13.6. The molecule has 0 saturated heterocycles. The van der Waals surface area contributed by atoms with Crippen molar-refractivity contribution >= 4 is 43.7 Å². The summed E-state index contributed by atoms with van der Waals surface area (Å²) in [7, 11) is -3.68. The van der Waals surface area contributed by atoms with E-state index in [0.717, 1.165) is 21.7 Å². The van der Waals surface area contributed by atoms with Crippen LogP contribution in [0.1, 0.15) is 11.3 Å². The van der Waals surface area contributed by atoms with E-state index in [4.69, 9.17) is 4.98 Å². The molecule has 0 bridgehead atoms. The van der Waals surface area contributed by atoms with Gasteiger partial charge in [0.2, 0.25) is 0 Å². The number of benzene rings is 3. The largest absolute Gasteiger partial charge is 0.285 e. The van der Waals surface area contributed by atoms with Gasteiger partial charge in [-0.25, -0.2) is 4.98 Å². The molecule has 2 heterocycles. The molecule has 28 heavy (non-hydrogen) atoms. The standard InChI is InChI=1S/C21H14N4O2S/c26-28(27)20-12-6-4-10-17(20)21(25-28)24-22-13-19-16-9-2-1-7-14(16)15-8-3-5-11-18(15)23-19/h1-13H,(H,24,25)/b22-13+. The first-order valence-electron chi connectivity index (χ1n) is 8.64. The molecular weight excluding hydrogens is 372 g/mol. The van der Waals surface area contributed by atoms with Crippen LogP contribution in [0.3, 0.4) is 0 Å². The van der Waals surface area contributed by atoms with Crippen LogP contribution in [0.25, 0.3) is 21.7 Å². The molecule has 5 rings (SSSR count). The molecule has 0 fully saturated rings. The quantitative estimate of drug-likeness (QED) is 0.325. The zero-order chi connectivity index (χ0) is 19.1. The zero-order valence-corrected chi connectivity index (χ0v) is 15.4. The van der Waals surface area contributed by atoms with Gasteiger partial charge in [-0.05, 0) is 23.6 Å². The van der Waals surface area contributed by atoms with Gasteiger partial charge in [0.15, 0.2) is 5.84 Å². The van der Waals surface area contributed by atoms with Gasteiger partial charge in [-0.2, -0.15) is 13.5 Å². The van der Waals surface area contributed by atoms with Crippen LogP contribution in [0.2, 0.25) is 0 Å². The van der Waals surface area contributed by atoms with Crippen molar-refractivity contribution in [3.63, 3.8) is 0 Å². The monoisotopic (exact) mass is 386 g/mol. The van der Waals surface area contributed by atoms with Crippen LogP contribution >= 0.6 is 0 Å². The Hall–Kier alpha value is -3.58. The van der Waals surface area contributed by atoms with E-state index in [1.807, 2.05) is 48.5 Å². The molecule has 0 aliphatic carbocycles. The number of sulfonamides is 1. The topological polar surface area (TPSA) is 83.8 Å². The lowest BCUT2D eigenvalue weighted by Gasteiger charge is -2.06. The number of hydrazone groups is 1. The minimum absolute atomic E-state index is 0.182. The third kappa shape index (κ3) is 2.64. The first kappa shape index (κ1) is 16.6. The van der Waals surface area contributed by atoms with Crippen molar-refractivity contribution < 1.29 is 8.42 Å². The van der Waals surface area contributed by atoms with Crippen molar-refractivity contribution in [2.75, 3.05) is 0 Å². The number of hydrogen-bond acceptors (Lipinski definition) is 5. The van der Waals surface area contributed by atoms with E-state index >= 15 is 0 Å². The molecule has 0 spiro atoms. The second-order valence-corrected chi connectivity index (χ2v) is 7.91.